The monoisotopic (exact) mass is 466 g/mol. The van der Waals surface area contributed by atoms with Crippen LogP contribution in [0.1, 0.15) is 38.4 Å². The van der Waals surface area contributed by atoms with E-state index >= 15 is 0 Å². The van der Waals surface area contributed by atoms with Crippen LogP contribution in [0.2, 0.25) is 0 Å². The maximum atomic E-state index is 13.2. The Hall–Kier alpha value is -3.33. The predicted molar refractivity (Wildman–Crippen MR) is 127 cm³/mol. The number of thioether (sulfide) groups is 1. The number of carbonyl (C=O) groups is 2. The lowest BCUT2D eigenvalue weighted by Gasteiger charge is -2.34. The molecule has 0 fully saturated rings. The summed E-state index contributed by atoms with van der Waals surface area (Å²) in [6, 6.07) is 14.8. The number of hydrogen-bond donors (Lipinski definition) is 1. The number of ether oxygens (including phenoxy) is 2. The molecule has 2 heterocycles. The number of amides is 1. The van der Waals surface area contributed by atoms with Gasteiger partial charge in [0.2, 0.25) is 0 Å². The molecule has 1 N–H and O–H groups in total. The van der Waals surface area contributed by atoms with Crippen molar-refractivity contribution in [1.29, 1.82) is 0 Å². The molecule has 8 nitrogen and oxygen atoms in total. The highest BCUT2D eigenvalue weighted by Crippen LogP contribution is 2.35. The third-order valence-corrected chi connectivity index (χ3v) is 6.05. The van der Waals surface area contributed by atoms with Crippen molar-refractivity contribution in [3.63, 3.8) is 0 Å². The Kier molecular flexibility index (Phi) is 7.29. The van der Waals surface area contributed by atoms with Crippen molar-refractivity contribution in [1.82, 2.24) is 10.3 Å². The third kappa shape index (κ3) is 5.03. The Labute approximate surface area is 196 Å². The number of esters is 1. The van der Waals surface area contributed by atoms with E-state index in [0.717, 1.165) is 23.8 Å². The molecule has 0 unspecified atom stereocenters. The van der Waals surface area contributed by atoms with Crippen LogP contribution in [0.4, 0.5) is 0 Å². The van der Waals surface area contributed by atoms with Crippen molar-refractivity contribution >= 4 is 34.5 Å². The quantitative estimate of drug-likeness (QED) is 0.474. The van der Waals surface area contributed by atoms with Crippen LogP contribution >= 0.6 is 11.8 Å². The van der Waals surface area contributed by atoms with Crippen LogP contribution in [-0.4, -0.2) is 41.0 Å². The van der Waals surface area contributed by atoms with E-state index in [1.807, 2.05) is 42.5 Å². The first-order valence-electron chi connectivity index (χ1n) is 11.0. The minimum Gasteiger partial charge on any atom is -0.481 e. The van der Waals surface area contributed by atoms with Gasteiger partial charge in [-0.1, -0.05) is 61.5 Å². The van der Waals surface area contributed by atoms with Crippen molar-refractivity contribution in [2.45, 2.75) is 32.9 Å². The van der Waals surface area contributed by atoms with Crippen LogP contribution in [0.3, 0.4) is 0 Å². The molecule has 172 valence electrons. The highest BCUT2D eigenvalue weighted by molar-refractivity contribution is 8.13. The summed E-state index contributed by atoms with van der Waals surface area (Å²) in [4.78, 5) is 29.9. The first-order valence-corrected chi connectivity index (χ1v) is 12.0. The first kappa shape index (κ1) is 22.8. The lowest BCUT2D eigenvalue weighted by Crippen LogP contribution is -2.50. The second-order valence-electron chi connectivity index (χ2n) is 7.41. The molecule has 0 radical (unpaired) electrons. The van der Waals surface area contributed by atoms with E-state index in [0.29, 0.717) is 27.5 Å². The molecule has 33 heavy (non-hydrogen) atoms. The number of amidine groups is 1. The normalized spacial score (nSPS) is 16.7. The van der Waals surface area contributed by atoms with Crippen molar-refractivity contribution in [3.05, 3.63) is 64.7 Å². The van der Waals surface area contributed by atoms with Gasteiger partial charge >= 0.3 is 5.97 Å². The van der Waals surface area contributed by atoms with Gasteiger partial charge < -0.3 is 9.47 Å². The van der Waals surface area contributed by atoms with E-state index in [4.69, 9.17) is 19.6 Å². The van der Waals surface area contributed by atoms with Gasteiger partial charge in [-0.05, 0) is 25.5 Å². The highest BCUT2D eigenvalue weighted by Gasteiger charge is 2.35. The zero-order valence-corrected chi connectivity index (χ0v) is 19.4. The minimum atomic E-state index is -0.624. The number of carbonyl (C=O) groups excluding carboxylic acids is 2. The molecule has 4 rings (SSSR count). The van der Waals surface area contributed by atoms with Crippen molar-refractivity contribution < 1.29 is 19.1 Å². The van der Waals surface area contributed by atoms with Gasteiger partial charge in [-0.3, -0.25) is 15.1 Å². The number of hydrazone groups is 1. The standard InChI is InChI=1S/C24H26N4O4S/c1-3-5-14-33-24-26-23(30)21-16-10-6-8-12-18(16)25-22(28(21)27-24)17-11-7-9-13-19(17)32-15-20(29)31-4-2/h6-13,22H,3-5,14-15H2,1-2H3,(H,26,27,30)/t22-/m0/s1. The highest BCUT2D eigenvalue weighted by atomic mass is 32.2. The van der Waals surface area contributed by atoms with Crippen LogP contribution in [0.25, 0.3) is 5.70 Å². The molecule has 9 heteroatoms. The third-order valence-electron chi connectivity index (χ3n) is 5.10. The summed E-state index contributed by atoms with van der Waals surface area (Å²) in [5.74, 6) is 0.673. The van der Waals surface area contributed by atoms with Gasteiger partial charge in [0, 0.05) is 16.5 Å². The van der Waals surface area contributed by atoms with Crippen LogP contribution in [-0.2, 0) is 14.3 Å². The Balaban J connectivity index is 1.76. The van der Waals surface area contributed by atoms with Crippen molar-refractivity contribution in [2.75, 3.05) is 19.0 Å². The van der Waals surface area contributed by atoms with E-state index < -0.39 is 12.1 Å². The Bertz CT molecular complexity index is 1200. The number of nitrogens with one attached hydrogen (secondary N) is 1. The molecule has 0 spiro atoms. The predicted octanol–water partition coefficient (Wildman–Crippen LogP) is 2.30. The number of rotatable bonds is 8. The Morgan fingerprint density at radius 3 is 2.76 bits per heavy atom. The van der Waals surface area contributed by atoms with E-state index in [1.165, 1.54) is 11.8 Å². The summed E-state index contributed by atoms with van der Waals surface area (Å²) >= 11 is 1.51. The van der Waals surface area contributed by atoms with E-state index in [1.54, 1.807) is 18.0 Å². The molecule has 2 aliphatic heterocycles. The maximum Gasteiger partial charge on any atom is 0.344 e. The van der Waals surface area contributed by atoms with Gasteiger partial charge in [0.05, 0.1) is 12.0 Å². The molecule has 0 bridgehead atoms. The first-order chi connectivity index (χ1) is 16.1. The fraction of sp³-hybridized carbons (Fsp3) is 0.333. The average Bonchev–Trinajstić information content (AvgIpc) is 2.82. The molecular weight excluding hydrogens is 440 g/mol. The largest absolute Gasteiger partial charge is 0.481 e. The number of benzene rings is 2. The van der Waals surface area contributed by atoms with E-state index in [-0.39, 0.29) is 19.1 Å². The lowest BCUT2D eigenvalue weighted by molar-refractivity contribution is -0.145. The lowest BCUT2D eigenvalue weighted by atomic mass is 10.1. The smallest absolute Gasteiger partial charge is 0.344 e. The second kappa shape index (κ2) is 10.5. The Morgan fingerprint density at radius 1 is 1.15 bits per heavy atom. The summed E-state index contributed by atoms with van der Waals surface area (Å²) in [7, 11) is 0. The summed E-state index contributed by atoms with van der Waals surface area (Å²) < 4.78 is 10.8. The van der Waals surface area contributed by atoms with Crippen molar-refractivity contribution in [2.24, 2.45) is 10.1 Å². The summed E-state index contributed by atoms with van der Waals surface area (Å²) in [5.41, 5.74) is 1.13. The number of hydrogen-bond acceptors (Lipinski definition) is 8. The minimum absolute atomic E-state index is 0.216. The molecular formula is C24H26N4O4S. The average molecular weight is 467 g/mol. The summed E-state index contributed by atoms with van der Waals surface area (Å²) in [6.45, 7) is 3.94. The Morgan fingerprint density at radius 2 is 1.94 bits per heavy atom. The second-order valence-corrected chi connectivity index (χ2v) is 8.49. The molecule has 1 atom stereocenters. The van der Waals surface area contributed by atoms with Gasteiger partial charge in [0.15, 0.2) is 17.9 Å². The molecule has 1 amide bonds. The van der Waals surface area contributed by atoms with Crippen LogP contribution in [0.15, 0.2) is 58.6 Å². The van der Waals surface area contributed by atoms with Crippen LogP contribution in [0.5, 0.6) is 5.75 Å². The van der Waals surface area contributed by atoms with Gasteiger partial charge in [-0.2, -0.15) is 0 Å². The maximum absolute atomic E-state index is 13.2. The summed E-state index contributed by atoms with van der Waals surface area (Å²) in [6.07, 6.45) is 1.46. The number of fused-ring (bicyclic) bond motifs is 2. The van der Waals surface area contributed by atoms with Crippen LogP contribution < -0.4 is 20.6 Å². The molecule has 2 aromatic rings. The van der Waals surface area contributed by atoms with Crippen molar-refractivity contribution in [3.8, 4) is 5.75 Å². The topological polar surface area (TPSA) is 92.6 Å². The number of nitrogens with zero attached hydrogens (tertiary/aromatic N) is 3. The molecule has 0 aromatic heterocycles. The van der Waals surface area contributed by atoms with E-state index in [2.05, 4.69) is 12.2 Å². The SMILES string of the molecule is CCCCSC1=NN2C(=c3ccccc3=N[C@@H]2c2ccccc2OCC(=O)OCC)C(=O)N1. The van der Waals surface area contributed by atoms with Crippen LogP contribution in [0, 0.1) is 0 Å². The molecule has 0 aliphatic carbocycles. The molecule has 2 aromatic carbocycles. The molecule has 0 saturated heterocycles. The zero-order valence-electron chi connectivity index (χ0n) is 18.6. The fourth-order valence-electron chi connectivity index (χ4n) is 3.57. The van der Waals surface area contributed by atoms with Gasteiger partial charge in [-0.15, -0.1) is 5.10 Å². The zero-order chi connectivity index (χ0) is 23.2. The number of unbranched alkanes of at least 4 members (excludes halogenated alkanes) is 1. The molecule has 0 saturated carbocycles. The number of para-hydroxylation sites is 2. The molecule has 2 aliphatic rings. The van der Waals surface area contributed by atoms with Gasteiger partial charge in [-0.25, -0.2) is 9.80 Å². The summed E-state index contributed by atoms with van der Waals surface area (Å²) in [5, 5.41) is 11.3. The van der Waals surface area contributed by atoms with Gasteiger partial charge in [0.25, 0.3) is 5.91 Å². The van der Waals surface area contributed by atoms with Gasteiger partial charge in [0.1, 0.15) is 11.4 Å². The fourth-order valence-corrected chi connectivity index (χ4v) is 4.51. The van der Waals surface area contributed by atoms with E-state index in [9.17, 15) is 9.59 Å².